The standard InChI is InChI=1S/C36H24N2S/c1-2-9-27(10-3-1)38-33-15-6-4-11-29(33)30-22-21-26(23-34(30)38)37-25-19-17-24(18-20-25)28-13-8-14-32-31-12-5-7-16-35(31)39-36(28)32/h1-23,37H. The Bertz CT molecular complexity index is 2130. The highest BCUT2D eigenvalue weighted by Gasteiger charge is 2.13. The van der Waals surface area contributed by atoms with Crippen molar-refractivity contribution in [2.45, 2.75) is 0 Å². The summed E-state index contributed by atoms with van der Waals surface area (Å²) in [4.78, 5) is 0. The first kappa shape index (κ1) is 22.2. The van der Waals surface area contributed by atoms with Gasteiger partial charge in [0.15, 0.2) is 0 Å². The lowest BCUT2D eigenvalue weighted by atomic mass is 10.0. The Morgan fingerprint density at radius 3 is 2.05 bits per heavy atom. The van der Waals surface area contributed by atoms with Gasteiger partial charge in [-0.1, -0.05) is 91.0 Å². The van der Waals surface area contributed by atoms with Gasteiger partial charge in [-0.05, 0) is 59.7 Å². The molecule has 0 radical (unpaired) electrons. The maximum Gasteiger partial charge on any atom is 0.0561 e. The number of hydrogen-bond acceptors (Lipinski definition) is 2. The van der Waals surface area contributed by atoms with E-state index in [9.17, 15) is 0 Å². The SMILES string of the molecule is c1ccc(-n2c3ccccc3c3ccc(Nc4ccc(-c5cccc6c5sc5ccccc56)cc4)cc32)cc1. The molecular weight excluding hydrogens is 492 g/mol. The van der Waals surface area contributed by atoms with E-state index < -0.39 is 0 Å². The van der Waals surface area contributed by atoms with E-state index in [-0.39, 0.29) is 0 Å². The molecule has 0 amide bonds. The van der Waals surface area contributed by atoms with E-state index in [0.29, 0.717) is 0 Å². The second-order valence-corrected chi connectivity index (χ2v) is 11.0. The molecule has 2 heterocycles. The fraction of sp³-hybridized carbons (Fsp3) is 0. The molecule has 39 heavy (non-hydrogen) atoms. The van der Waals surface area contributed by atoms with E-state index in [4.69, 9.17) is 0 Å². The molecule has 184 valence electrons. The third-order valence-electron chi connectivity index (χ3n) is 7.58. The van der Waals surface area contributed by atoms with Gasteiger partial charge >= 0.3 is 0 Å². The van der Waals surface area contributed by atoms with Crippen molar-refractivity contribution in [3.63, 3.8) is 0 Å². The summed E-state index contributed by atoms with van der Waals surface area (Å²) in [6.07, 6.45) is 0. The number of aromatic nitrogens is 1. The zero-order chi connectivity index (χ0) is 25.8. The van der Waals surface area contributed by atoms with Gasteiger partial charge in [-0.3, -0.25) is 0 Å². The summed E-state index contributed by atoms with van der Waals surface area (Å²) < 4.78 is 5.03. The molecule has 6 aromatic carbocycles. The number of anilines is 2. The molecule has 0 fully saturated rings. The van der Waals surface area contributed by atoms with Crippen LogP contribution in [0.4, 0.5) is 11.4 Å². The van der Waals surface area contributed by atoms with Crippen molar-refractivity contribution in [1.82, 2.24) is 4.57 Å². The van der Waals surface area contributed by atoms with Crippen LogP contribution in [0.5, 0.6) is 0 Å². The quantitative estimate of drug-likeness (QED) is 0.246. The zero-order valence-electron chi connectivity index (χ0n) is 21.1. The summed E-state index contributed by atoms with van der Waals surface area (Å²) in [6, 6.07) is 50.0. The number of fused-ring (bicyclic) bond motifs is 6. The first-order valence-corrected chi connectivity index (χ1v) is 14.0. The van der Waals surface area contributed by atoms with Crippen LogP contribution in [0.25, 0.3) is 58.8 Å². The number of nitrogens with zero attached hydrogens (tertiary/aromatic N) is 1. The van der Waals surface area contributed by atoms with Crippen LogP contribution in [0.3, 0.4) is 0 Å². The number of rotatable bonds is 4. The van der Waals surface area contributed by atoms with Crippen LogP contribution in [0.2, 0.25) is 0 Å². The average molecular weight is 517 g/mol. The Kier molecular flexibility index (Phi) is 5.04. The molecule has 0 saturated heterocycles. The van der Waals surface area contributed by atoms with Crippen LogP contribution in [0.1, 0.15) is 0 Å². The Hall–Kier alpha value is -4.86. The number of para-hydroxylation sites is 2. The number of hydrogen-bond donors (Lipinski definition) is 1. The van der Waals surface area contributed by atoms with Gasteiger partial charge in [0.25, 0.3) is 0 Å². The summed E-state index contributed by atoms with van der Waals surface area (Å²) in [5, 5.41) is 8.83. The maximum absolute atomic E-state index is 3.65. The monoisotopic (exact) mass is 516 g/mol. The molecule has 8 aromatic rings. The van der Waals surface area contributed by atoms with Gasteiger partial charge < -0.3 is 9.88 Å². The van der Waals surface area contributed by atoms with Crippen molar-refractivity contribution in [1.29, 1.82) is 0 Å². The van der Waals surface area contributed by atoms with E-state index in [1.807, 2.05) is 11.3 Å². The molecule has 2 aromatic heterocycles. The van der Waals surface area contributed by atoms with E-state index in [1.165, 1.54) is 58.8 Å². The van der Waals surface area contributed by atoms with E-state index >= 15 is 0 Å². The van der Waals surface area contributed by atoms with E-state index in [0.717, 1.165) is 11.4 Å². The van der Waals surface area contributed by atoms with Gasteiger partial charge in [0, 0.05) is 48.0 Å². The molecular formula is C36H24N2S. The third-order valence-corrected chi connectivity index (χ3v) is 8.80. The smallest absolute Gasteiger partial charge is 0.0561 e. The molecule has 8 rings (SSSR count). The molecule has 0 atom stereocenters. The second kappa shape index (κ2) is 8.87. The lowest BCUT2D eigenvalue weighted by molar-refractivity contribution is 1.18. The lowest BCUT2D eigenvalue weighted by Gasteiger charge is -2.11. The first-order chi connectivity index (χ1) is 19.3. The Labute approximate surface area is 230 Å². The highest BCUT2D eigenvalue weighted by Crippen LogP contribution is 2.40. The van der Waals surface area contributed by atoms with Gasteiger partial charge in [-0.15, -0.1) is 11.3 Å². The van der Waals surface area contributed by atoms with Crippen molar-refractivity contribution in [2.24, 2.45) is 0 Å². The van der Waals surface area contributed by atoms with Crippen molar-refractivity contribution < 1.29 is 0 Å². The molecule has 0 aliphatic rings. The Morgan fingerprint density at radius 2 is 1.18 bits per heavy atom. The third kappa shape index (κ3) is 3.63. The molecule has 0 aliphatic carbocycles. The summed E-state index contributed by atoms with van der Waals surface area (Å²) in [6.45, 7) is 0. The van der Waals surface area contributed by atoms with Crippen LogP contribution in [0, 0.1) is 0 Å². The van der Waals surface area contributed by atoms with Crippen LogP contribution in [-0.2, 0) is 0 Å². The van der Waals surface area contributed by atoms with Gasteiger partial charge in [0.05, 0.1) is 11.0 Å². The minimum Gasteiger partial charge on any atom is -0.355 e. The summed E-state index contributed by atoms with van der Waals surface area (Å²) in [7, 11) is 0. The Balaban J connectivity index is 1.17. The predicted molar refractivity (Wildman–Crippen MR) is 169 cm³/mol. The van der Waals surface area contributed by atoms with Crippen LogP contribution in [0.15, 0.2) is 140 Å². The van der Waals surface area contributed by atoms with E-state index in [1.54, 1.807) is 0 Å². The minimum absolute atomic E-state index is 1.07. The normalized spacial score (nSPS) is 11.6. The number of benzene rings is 6. The topological polar surface area (TPSA) is 17.0 Å². The van der Waals surface area contributed by atoms with Crippen molar-refractivity contribution >= 4 is 64.7 Å². The molecule has 1 N–H and O–H groups in total. The summed E-state index contributed by atoms with van der Waals surface area (Å²) in [5.74, 6) is 0. The van der Waals surface area contributed by atoms with Crippen LogP contribution >= 0.6 is 11.3 Å². The molecule has 0 saturated carbocycles. The second-order valence-electron chi connectivity index (χ2n) is 9.90. The molecule has 2 nitrogen and oxygen atoms in total. The predicted octanol–water partition coefficient (Wildman–Crippen LogP) is 10.6. The molecule has 0 aliphatic heterocycles. The number of nitrogens with one attached hydrogen (secondary N) is 1. The average Bonchev–Trinajstić information content (AvgIpc) is 3.54. The van der Waals surface area contributed by atoms with Gasteiger partial charge in [-0.25, -0.2) is 0 Å². The van der Waals surface area contributed by atoms with Gasteiger partial charge in [-0.2, -0.15) is 0 Å². The largest absolute Gasteiger partial charge is 0.355 e. The van der Waals surface area contributed by atoms with Gasteiger partial charge in [0.2, 0.25) is 0 Å². The lowest BCUT2D eigenvalue weighted by Crippen LogP contribution is -1.94. The molecule has 0 spiro atoms. The highest BCUT2D eigenvalue weighted by molar-refractivity contribution is 7.26. The number of thiophene rings is 1. The van der Waals surface area contributed by atoms with Gasteiger partial charge in [0.1, 0.15) is 0 Å². The van der Waals surface area contributed by atoms with E-state index in [2.05, 4.69) is 149 Å². The zero-order valence-corrected chi connectivity index (χ0v) is 22.0. The van der Waals surface area contributed by atoms with Crippen LogP contribution < -0.4 is 5.32 Å². The van der Waals surface area contributed by atoms with Crippen molar-refractivity contribution in [3.05, 3.63) is 140 Å². The van der Waals surface area contributed by atoms with Crippen molar-refractivity contribution in [3.8, 4) is 16.8 Å². The maximum atomic E-state index is 3.65. The summed E-state index contributed by atoms with van der Waals surface area (Å²) >= 11 is 1.87. The fourth-order valence-corrected chi connectivity index (χ4v) is 7.02. The highest BCUT2D eigenvalue weighted by atomic mass is 32.1. The Morgan fingerprint density at radius 1 is 0.487 bits per heavy atom. The first-order valence-electron chi connectivity index (χ1n) is 13.2. The minimum atomic E-state index is 1.07. The molecule has 0 unspecified atom stereocenters. The van der Waals surface area contributed by atoms with Crippen LogP contribution in [-0.4, -0.2) is 4.57 Å². The van der Waals surface area contributed by atoms with Crippen molar-refractivity contribution in [2.75, 3.05) is 5.32 Å². The summed E-state index contributed by atoms with van der Waals surface area (Å²) in [5.41, 5.74) is 8.24. The fourth-order valence-electron chi connectivity index (χ4n) is 5.78. The molecule has 0 bridgehead atoms. The molecule has 3 heteroatoms.